The molecule has 2 aliphatic rings. The van der Waals surface area contributed by atoms with Crippen LogP contribution in [-0.2, 0) is 9.59 Å². The summed E-state index contributed by atoms with van der Waals surface area (Å²) in [6.45, 7) is 0.397. The SMILES string of the molecule is O=C1CCN(c2ccc(Cl)cc2Br)C(=O)C(C2CC2)N1. The molecule has 3 rings (SSSR count). The smallest absolute Gasteiger partial charge is 0.249 e. The van der Waals surface area contributed by atoms with Crippen molar-refractivity contribution in [2.45, 2.75) is 25.3 Å². The van der Waals surface area contributed by atoms with Crippen molar-refractivity contribution >= 4 is 45.0 Å². The first-order valence-corrected chi connectivity index (χ1v) is 7.79. The van der Waals surface area contributed by atoms with Crippen molar-refractivity contribution in [2.75, 3.05) is 11.4 Å². The quantitative estimate of drug-likeness (QED) is 0.885. The van der Waals surface area contributed by atoms with Gasteiger partial charge in [-0.25, -0.2) is 0 Å². The highest BCUT2D eigenvalue weighted by atomic mass is 79.9. The van der Waals surface area contributed by atoms with Crippen LogP contribution in [0.2, 0.25) is 5.02 Å². The summed E-state index contributed by atoms with van der Waals surface area (Å²) in [6.07, 6.45) is 2.34. The third kappa shape index (κ3) is 2.69. The van der Waals surface area contributed by atoms with Crippen molar-refractivity contribution < 1.29 is 9.59 Å². The molecule has 2 fully saturated rings. The van der Waals surface area contributed by atoms with Gasteiger partial charge in [0.15, 0.2) is 0 Å². The Labute approximate surface area is 130 Å². The zero-order valence-corrected chi connectivity index (χ0v) is 13.1. The van der Waals surface area contributed by atoms with Crippen molar-refractivity contribution in [3.63, 3.8) is 0 Å². The van der Waals surface area contributed by atoms with Gasteiger partial charge in [0.1, 0.15) is 6.04 Å². The Morgan fingerprint density at radius 1 is 1.30 bits per heavy atom. The zero-order valence-electron chi connectivity index (χ0n) is 10.7. The molecule has 0 spiro atoms. The summed E-state index contributed by atoms with van der Waals surface area (Å²) in [4.78, 5) is 26.1. The van der Waals surface area contributed by atoms with Crippen molar-refractivity contribution in [3.8, 4) is 0 Å². The minimum atomic E-state index is -0.382. The van der Waals surface area contributed by atoms with Crippen LogP contribution in [0, 0.1) is 5.92 Å². The Morgan fingerprint density at radius 3 is 2.70 bits per heavy atom. The zero-order chi connectivity index (χ0) is 14.3. The van der Waals surface area contributed by atoms with E-state index in [9.17, 15) is 9.59 Å². The molecular formula is C14H14BrClN2O2. The molecule has 0 radical (unpaired) electrons. The van der Waals surface area contributed by atoms with Crippen LogP contribution in [0.15, 0.2) is 22.7 Å². The fourth-order valence-corrected chi connectivity index (χ4v) is 3.38. The van der Waals surface area contributed by atoms with E-state index in [4.69, 9.17) is 11.6 Å². The fourth-order valence-electron chi connectivity index (χ4n) is 2.49. The highest BCUT2D eigenvalue weighted by Crippen LogP contribution is 2.36. The van der Waals surface area contributed by atoms with Gasteiger partial charge in [-0.1, -0.05) is 11.6 Å². The van der Waals surface area contributed by atoms with E-state index in [1.54, 1.807) is 17.0 Å². The number of halogens is 2. The molecule has 1 atom stereocenters. The molecule has 0 bridgehead atoms. The van der Waals surface area contributed by atoms with Crippen LogP contribution in [0.4, 0.5) is 5.69 Å². The molecule has 20 heavy (non-hydrogen) atoms. The molecule has 1 N–H and O–H groups in total. The third-order valence-electron chi connectivity index (χ3n) is 3.70. The number of anilines is 1. The van der Waals surface area contributed by atoms with Gasteiger partial charge in [-0.3, -0.25) is 9.59 Å². The summed E-state index contributed by atoms with van der Waals surface area (Å²) in [5.41, 5.74) is 0.765. The van der Waals surface area contributed by atoms with Crippen molar-refractivity contribution in [2.24, 2.45) is 5.92 Å². The van der Waals surface area contributed by atoms with Crippen LogP contribution in [0.3, 0.4) is 0 Å². The van der Waals surface area contributed by atoms with E-state index in [0.717, 1.165) is 23.0 Å². The molecule has 0 aromatic heterocycles. The predicted molar refractivity (Wildman–Crippen MR) is 80.8 cm³/mol. The summed E-state index contributed by atoms with van der Waals surface area (Å²) in [6, 6.07) is 4.94. The van der Waals surface area contributed by atoms with Gasteiger partial charge in [0.2, 0.25) is 11.8 Å². The van der Waals surface area contributed by atoms with Gasteiger partial charge in [0.25, 0.3) is 0 Å². The largest absolute Gasteiger partial charge is 0.344 e. The van der Waals surface area contributed by atoms with E-state index >= 15 is 0 Å². The van der Waals surface area contributed by atoms with E-state index in [1.165, 1.54) is 0 Å². The molecule has 4 nitrogen and oxygen atoms in total. The molecule has 106 valence electrons. The minimum Gasteiger partial charge on any atom is -0.344 e. The average Bonchev–Trinajstić information content (AvgIpc) is 3.21. The highest BCUT2D eigenvalue weighted by molar-refractivity contribution is 9.10. The Balaban J connectivity index is 1.93. The first kappa shape index (κ1) is 13.9. The Hall–Kier alpha value is -1.07. The maximum Gasteiger partial charge on any atom is 0.249 e. The summed E-state index contributed by atoms with van der Waals surface area (Å²) >= 11 is 9.38. The second-order valence-corrected chi connectivity index (χ2v) is 6.51. The molecule has 1 unspecified atom stereocenters. The third-order valence-corrected chi connectivity index (χ3v) is 4.58. The number of benzene rings is 1. The van der Waals surface area contributed by atoms with E-state index in [-0.39, 0.29) is 23.8 Å². The molecule has 1 aromatic carbocycles. The average molecular weight is 358 g/mol. The van der Waals surface area contributed by atoms with Gasteiger partial charge in [0.05, 0.1) is 5.69 Å². The van der Waals surface area contributed by atoms with Crippen LogP contribution in [0.1, 0.15) is 19.3 Å². The number of carbonyl (C=O) groups is 2. The number of amides is 2. The van der Waals surface area contributed by atoms with Crippen LogP contribution in [0.5, 0.6) is 0 Å². The van der Waals surface area contributed by atoms with E-state index in [1.807, 2.05) is 6.07 Å². The van der Waals surface area contributed by atoms with E-state index < -0.39 is 0 Å². The topological polar surface area (TPSA) is 49.4 Å². The highest BCUT2D eigenvalue weighted by Gasteiger charge is 2.41. The van der Waals surface area contributed by atoms with Crippen LogP contribution in [-0.4, -0.2) is 24.4 Å². The Kier molecular flexibility index (Phi) is 3.73. The van der Waals surface area contributed by atoms with Crippen molar-refractivity contribution in [1.29, 1.82) is 0 Å². The van der Waals surface area contributed by atoms with Crippen LogP contribution in [0.25, 0.3) is 0 Å². The molecule has 1 saturated heterocycles. The van der Waals surface area contributed by atoms with Gasteiger partial charge < -0.3 is 10.2 Å². The molecular weight excluding hydrogens is 344 g/mol. The summed E-state index contributed by atoms with van der Waals surface area (Å²) in [7, 11) is 0. The monoisotopic (exact) mass is 356 g/mol. The van der Waals surface area contributed by atoms with Crippen molar-refractivity contribution in [1.82, 2.24) is 5.32 Å². The molecule has 1 aliphatic carbocycles. The Morgan fingerprint density at radius 2 is 2.05 bits per heavy atom. The van der Waals surface area contributed by atoms with Gasteiger partial charge in [-0.2, -0.15) is 0 Å². The normalized spacial score (nSPS) is 23.5. The second-order valence-electron chi connectivity index (χ2n) is 5.22. The summed E-state index contributed by atoms with van der Waals surface area (Å²) in [5, 5.41) is 3.46. The maximum atomic E-state index is 12.7. The van der Waals surface area contributed by atoms with Gasteiger partial charge in [-0.15, -0.1) is 0 Å². The fraction of sp³-hybridized carbons (Fsp3) is 0.429. The van der Waals surface area contributed by atoms with Gasteiger partial charge >= 0.3 is 0 Å². The molecule has 6 heteroatoms. The number of nitrogens with zero attached hydrogens (tertiary/aromatic N) is 1. The van der Waals surface area contributed by atoms with Gasteiger partial charge in [-0.05, 0) is 52.9 Å². The number of hydrogen-bond donors (Lipinski definition) is 1. The summed E-state index contributed by atoms with van der Waals surface area (Å²) in [5.74, 6) is 0.210. The van der Waals surface area contributed by atoms with Crippen LogP contribution < -0.4 is 10.2 Å². The molecule has 1 aliphatic heterocycles. The molecule has 2 amide bonds. The number of hydrogen-bond acceptors (Lipinski definition) is 2. The molecule has 1 saturated carbocycles. The number of nitrogens with one attached hydrogen (secondary N) is 1. The lowest BCUT2D eigenvalue weighted by Crippen LogP contribution is -2.46. The standard InChI is InChI=1S/C14H14BrClN2O2/c15-10-7-9(16)3-4-11(10)18-6-5-12(19)17-13(14(18)20)8-1-2-8/h3-4,7-8,13H,1-2,5-6H2,(H,17,19). The lowest BCUT2D eigenvalue weighted by molar-refractivity contribution is -0.126. The van der Waals surface area contributed by atoms with Gasteiger partial charge in [0, 0.05) is 22.5 Å². The van der Waals surface area contributed by atoms with E-state index in [0.29, 0.717) is 18.0 Å². The Bertz CT molecular complexity index is 574. The first-order valence-electron chi connectivity index (χ1n) is 6.62. The van der Waals surface area contributed by atoms with Crippen molar-refractivity contribution in [3.05, 3.63) is 27.7 Å². The molecule has 1 heterocycles. The maximum absolute atomic E-state index is 12.7. The molecule has 1 aromatic rings. The van der Waals surface area contributed by atoms with Crippen LogP contribution >= 0.6 is 27.5 Å². The summed E-state index contributed by atoms with van der Waals surface area (Å²) < 4.78 is 0.766. The lowest BCUT2D eigenvalue weighted by Gasteiger charge is -2.25. The first-order chi connectivity index (χ1) is 9.56. The number of carbonyl (C=O) groups excluding carboxylic acids is 2. The lowest BCUT2D eigenvalue weighted by atomic mass is 10.1. The van der Waals surface area contributed by atoms with E-state index in [2.05, 4.69) is 21.2 Å². The number of rotatable bonds is 2. The predicted octanol–water partition coefficient (Wildman–Crippen LogP) is 2.73. The second kappa shape index (κ2) is 5.37. The minimum absolute atomic E-state index is 0.0265.